The Bertz CT molecular complexity index is 426. The third kappa shape index (κ3) is 2.27. The summed E-state index contributed by atoms with van der Waals surface area (Å²) in [7, 11) is 0. The molecule has 0 amide bonds. The van der Waals surface area contributed by atoms with Gasteiger partial charge < -0.3 is 4.74 Å². The Morgan fingerprint density at radius 3 is 2.44 bits per heavy atom. The number of hydrogen-bond acceptors (Lipinski definition) is 3. The van der Waals surface area contributed by atoms with Gasteiger partial charge in [-0.15, -0.1) is 0 Å². The van der Waals surface area contributed by atoms with Gasteiger partial charge in [0.1, 0.15) is 0 Å². The second kappa shape index (κ2) is 5.09. The zero-order valence-electron chi connectivity index (χ0n) is 10.5. The molecule has 0 saturated carbocycles. The highest BCUT2D eigenvalue weighted by molar-refractivity contribution is 5.15. The average Bonchev–Trinajstić information content (AvgIpc) is 2.39. The van der Waals surface area contributed by atoms with E-state index in [1.807, 2.05) is 6.07 Å². The van der Waals surface area contributed by atoms with Gasteiger partial charge in [-0.25, -0.2) is 0 Å². The van der Waals surface area contributed by atoms with E-state index >= 15 is 0 Å². The maximum Gasteiger partial charge on any atom is 0.0664 e. The van der Waals surface area contributed by atoms with Gasteiger partial charge in [-0.05, 0) is 5.56 Å². The van der Waals surface area contributed by atoms with Crippen LogP contribution in [-0.2, 0) is 11.3 Å². The maximum atomic E-state index is 9.25. The topological polar surface area (TPSA) is 36.3 Å². The Hall–Kier alpha value is -1.37. The van der Waals surface area contributed by atoms with Crippen molar-refractivity contribution in [1.29, 1.82) is 5.26 Å². The standard InChI is InChI=1S/C15H18N2O/c16-6-15-13-8-17(9-14(15)11-18-10-13)7-12-4-2-1-3-5-12/h1-5,13-15H,7-11H2. The molecule has 1 aromatic rings. The third-order valence-electron chi connectivity index (χ3n) is 4.06. The van der Waals surface area contributed by atoms with E-state index in [2.05, 4.69) is 35.2 Å². The summed E-state index contributed by atoms with van der Waals surface area (Å²) in [6, 6.07) is 13.0. The molecular weight excluding hydrogens is 224 g/mol. The van der Waals surface area contributed by atoms with E-state index in [0.29, 0.717) is 11.8 Å². The van der Waals surface area contributed by atoms with Crippen LogP contribution in [0, 0.1) is 29.1 Å². The number of nitriles is 1. The number of benzene rings is 1. The SMILES string of the molecule is N#CC1C2COCC1CN(Cc1ccccc1)C2. The normalized spacial score (nSPS) is 31.8. The van der Waals surface area contributed by atoms with Crippen molar-refractivity contribution >= 4 is 0 Å². The Labute approximate surface area is 108 Å². The Morgan fingerprint density at radius 1 is 1.17 bits per heavy atom. The van der Waals surface area contributed by atoms with Crippen LogP contribution < -0.4 is 0 Å². The molecular formula is C15H18N2O. The van der Waals surface area contributed by atoms with Gasteiger partial charge in [0.15, 0.2) is 0 Å². The summed E-state index contributed by atoms with van der Waals surface area (Å²) in [6.07, 6.45) is 0. The molecule has 2 heterocycles. The first-order chi connectivity index (χ1) is 8.86. The van der Waals surface area contributed by atoms with Gasteiger partial charge in [0.05, 0.1) is 25.2 Å². The van der Waals surface area contributed by atoms with E-state index in [-0.39, 0.29) is 5.92 Å². The molecule has 3 rings (SSSR count). The van der Waals surface area contributed by atoms with Crippen LogP contribution in [-0.4, -0.2) is 31.2 Å². The number of ether oxygens (including phenoxy) is 1. The predicted molar refractivity (Wildman–Crippen MR) is 68.6 cm³/mol. The van der Waals surface area contributed by atoms with Crippen LogP contribution in [0.3, 0.4) is 0 Å². The summed E-state index contributed by atoms with van der Waals surface area (Å²) in [5.41, 5.74) is 1.35. The lowest BCUT2D eigenvalue weighted by atomic mass is 9.77. The van der Waals surface area contributed by atoms with Gasteiger partial charge in [-0.3, -0.25) is 4.90 Å². The zero-order chi connectivity index (χ0) is 12.4. The zero-order valence-corrected chi connectivity index (χ0v) is 10.5. The van der Waals surface area contributed by atoms with E-state index < -0.39 is 0 Å². The first kappa shape index (κ1) is 11.7. The fourth-order valence-electron chi connectivity index (χ4n) is 3.21. The van der Waals surface area contributed by atoms with Crippen LogP contribution in [0.1, 0.15) is 5.56 Å². The quantitative estimate of drug-likeness (QED) is 0.794. The van der Waals surface area contributed by atoms with Crippen LogP contribution >= 0.6 is 0 Å². The largest absolute Gasteiger partial charge is 0.381 e. The van der Waals surface area contributed by atoms with Crippen molar-refractivity contribution in [2.75, 3.05) is 26.3 Å². The molecule has 0 N–H and O–H groups in total. The van der Waals surface area contributed by atoms with Gasteiger partial charge in [-0.1, -0.05) is 30.3 Å². The maximum absolute atomic E-state index is 9.25. The Morgan fingerprint density at radius 2 is 1.83 bits per heavy atom. The molecule has 0 spiro atoms. The minimum atomic E-state index is 0.200. The van der Waals surface area contributed by atoms with Crippen molar-refractivity contribution in [1.82, 2.24) is 4.90 Å². The minimum Gasteiger partial charge on any atom is -0.381 e. The third-order valence-corrected chi connectivity index (χ3v) is 4.06. The highest BCUT2D eigenvalue weighted by Gasteiger charge is 2.40. The molecule has 3 heteroatoms. The summed E-state index contributed by atoms with van der Waals surface area (Å²) in [4.78, 5) is 2.47. The highest BCUT2D eigenvalue weighted by atomic mass is 16.5. The van der Waals surface area contributed by atoms with Crippen molar-refractivity contribution < 1.29 is 4.74 Å². The second-order valence-corrected chi connectivity index (χ2v) is 5.39. The van der Waals surface area contributed by atoms with E-state index in [1.165, 1.54) is 5.56 Å². The smallest absolute Gasteiger partial charge is 0.0664 e. The second-order valence-electron chi connectivity index (χ2n) is 5.39. The van der Waals surface area contributed by atoms with Crippen LogP contribution in [0.4, 0.5) is 0 Å². The summed E-state index contributed by atoms with van der Waals surface area (Å²) in [5, 5.41) is 9.25. The van der Waals surface area contributed by atoms with E-state index in [9.17, 15) is 5.26 Å². The van der Waals surface area contributed by atoms with E-state index in [1.54, 1.807) is 0 Å². The number of fused-ring (bicyclic) bond motifs is 2. The fraction of sp³-hybridized carbons (Fsp3) is 0.533. The van der Waals surface area contributed by atoms with Gasteiger partial charge in [0.2, 0.25) is 0 Å². The summed E-state index contributed by atoms with van der Waals surface area (Å²) >= 11 is 0. The number of piperidine rings is 1. The van der Waals surface area contributed by atoms with Crippen LogP contribution in [0.2, 0.25) is 0 Å². The highest BCUT2D eigenvalue weighted by Crippen LogP contribution is 2.33. The van der Waals surface area contributed by atoms with Crippen LogP contribution in [0.15, 0.2) is 30.3 Å². The Balaban J connectivity index is 1.68. The lowest BCUT2D eigenvalue weighted by molar-refractivity contribution is -0.0675. The monoisotopic (exact) mass is 242 g/mol. The summed E-state index contributed by atoms with van der Waals surface area (Å²) < 4.78 is 5.59. The number of nitrogens with zero attached hydrogens (tertiary/aromatic N) is 2. The number of rotatable bonds is 2. The molecule has 1 aromatic carbocycles. The van der Waals surface area contributed by atoms with Gasteiger partial charge in [0, 0.05) is 31.5 Å². The molecule has 2 fully saturated rings. The molecule has 2 saturated heterocycles. The van der Waals surface area contributed by atoms with Gasteiger partial charge >= 0.3 is 0 Å². The van der Waals surface area contributed by atoms with Crippen molar-refractivity contribution in [3.8, 4) is 6.07 Å². The number of hydrogen-bond donors (Lipinski definition) is 0. The van der Waals surface area contributed by atoms with Crippen molar-refractivity contribution in [3.63, 3.8) is 0 Å². The van der Waals surface area contributed by atoms with Crippen molar-refractivity contribution in [3.05, 3.63) is 35.9 Å². The molecule has 2 aliphatic heterocycles. The van der Waals surface area contributed by atoms with E-state index in [0.717, 1.165) is 32.8 Å². The van der Waals surface area contributed by atoms with Crippen LogP contribution in [0.5, 0.6) is 0 Å². The molecule has 2 unspecified atom stereocenters. The molecule has 18 heavy (non-hydrogen) atoms. The molecule has 0 radical (unpaired) electrons. The number of likely N-dealkylation sites (tertiary alicyclic amines) is 1. The molecule has 0 aromatic heterocycles. The van der Waals surface area contributed by atoms with Gasteiger partial charge in [-0.2, -0.15) is 5.26 Å². The predicted octanol–water partition coefficient (Wildman–Crippen LogP) is 1.90. The average molecular weight is 242 g/mol. The lowest BCUT2D eigenvalue weighted by Crippen LogP contribution is -2.51. The molecule has 2 atom stereocenters. The van der Waals surface area contributed by atoms with Crippen molar-refractivity contribution in [2.24, 2.45) is 17.8 Å². The Kier molecular flexibility index (Phi) is 3.31. The van der Waals surface area contributed by atoms with Crippen molar-refractivity contribution in [2.45, 2.75) is 6.54 Å². The van der Waals surface area contributed by atoms with Gasteiger partial charge in [0.25, 0.3) is 0 Å². The molecule has 2 aliphatic rings. The molecule has 2 bridgehead atoms. The first-order valence-electron chi connectivity index (χ1n) is 6.60. The lowest BCUT2D eigenvalue weighted by Gasteiger charge is -2.44. The van der Waals surface area contributed by atoms with Crippen LogP contribution in [0.25, 0.3) is 0 Å². The summed E-state index contributed by atoms with van der Waals surface area (Å²) in [5.74, 6) is 0.989. The minimum absolute atomic E-state index is 0.200. The summed E-state index contributed by atoms with van der Waals surface area (Å²) in [6.45, 7) is 4.47. The fourth-order valence-corrected chi connectivity index (χ4v) is 3.21. The molecule has 0 aliphatic carbocycles. The molecule has 94 valence electrons. The first-order valence-corrected chi connectivity index (χ1v) is 6.60. The molecule has 3 nitrogen and oxygen atoms in total. The van der Waals surface area contributed by atoms with E-state index in [4.69, 9.17) is 4.74 Å².